The molecule has 0 aliphatic carbocycles. The van der Waals surface area contributed by atoms with E-state index >= 15 is 0 Å². The SMILES string of the molecule is O=C1CCCN1C(=O)CSc1nc2cc(Cl)ccc2s1. The molecule has 1 saturated heterocycles. The molecule has 1 aliphatic rings. The van der Waals surface area contributed by atoms with Crippen LogP contribution in [-0.4, -0.2) is 34.0 Å². The summed E-state index contributed by atoms with van der Waals surface area (Å²) in [5, 5.41) is 0.651. The summed E-state index contributed by atoms with van der Waals surface area (Å²) in [6.07, 6.45) is 1.25. The lowest BCUT2D eigenvalue weighted by Crippen LogP contribution is -2.33. The van der Waals surface area contributed by atoms with Gasteiger partial charge in [0.15, 0.2) is 4.34 Å². The van der Waals surface area contributed by atoms with Gasteiger partial charge in [-0.2, -0.15) is 0 Å². The maximum Gasteiger partial charge on any atom is 0.239 e. The summed E-state index contributed by atoms with van der Waals surface area (Å²) < 4.78 is 1.86. The van der Waals surface area contributed by atoms with Crippen LogP contribution in [0.4, 0.5) is 0 Å². The number of amides is 2. The van der Waals surface area contributed by atoms with Gasteiger partial charge >= 0.3 is 0 Å². The van der Waals surface area contributed by atoms with Crippen LogP contribution >= 0.6 is 34.7 Å². The van der Waals surface area contributed by atoms with E-state index in [1.54, 1.807) is 0 Å². The lowest BCUT2D eigenvalue weighted by atomic mass is 10.3. The molecule has 0 atom stereocenters. The van der Waals surface area contributed by atoms with Gasteiger partial charge < -0.3 is 0 Å². The number of aromatic nitrogens is 1. The zero-order chi connectivity index (χ0) is 14.1. The number of benzene rings is 1. The highest BCUT2D eigenvalue weighted by atomic mass is 35.5. The van der Waals surface area contributed by atoms with Gasteiger partial charge in [0, 0.05) is 18.0 Å². The number of hydrogen-bond donors (Lipinski definition) is 0. The Morgan fingerprint density at radius 1 is 1.50 bits per heavy atom. The fourth-order valence-electron chi connectivity index (χ4n) is 2.05. The summed E-state index contributed by atoms with van der Waals surface area (Å²) in [5.74, 6) is 0.0562. The van der Waals surface area contributed by atoms with Crippen molar-refractivity contribution in [2.24, 2.45) is 0 Å². The third kappa shape index (κ3) is 2.82. The number of carbonyl (C=O) groups is 2. The zero-order valence-corrected chi connectivity index (χ0v) is 12.9. The lowest BCUT2D eigenvalue weighted by molar-refractivity contribution is -0.140. The van der Waals surface area contributed by atoms with Crippen molar-refractivity contribution >= 4 is 56.7 Å². The monoisotopic (exact) mass is 326 g/mol. The van der Waals surface area contributed by atoms with Crippen molar-refractivity contribution < 1.29 is 9.59 Å². The van der Waals surface area contributed by atoms with Crippen LogP contribution in [0.15, 0.2) is 22.5 Å². The minimum atomic E-state index is -0.130. The molecular weight excluding hydrogens is 316 g/mol. The molecule has 3 rings (SSSR count). The number of fused-ring (bicyclic) bond motifs is 1. The predicted octanol–water partition coefficient (Wildman–Crippen LogP) is 3.19. The van der Waals surface area contributed by atoms with Crippen molar-refractivity contribution in [3.63, 3.8) is 0 Å². The minimum Gasteiger partial charge on any atom is -0.282 e. The highest BCUT2D eigenvalue weighted by molar-refractivity contribution is 8.01. The van der Waals surface area contributed by atoms with Gasteiger partial charge in [0.25, 0.3) is 0 Å². The van der Waals surface area contributed by atoms with E-state index < -0.39 is 0 Å². The molecular formula is C13H11ClN2O2S2. The first-order valence-electron chi connectivity index (χ1n) is 6.15. The Bertz CT molecular complexity index is 686. The summed E-state index contributed by atoms with van der Waals surface area (Å²) in [5.41, 5.74) is 0.842. The Morgan fingerprint density at radius 2 is 2.35 bits per heavy atom. The molecule has 2 amide bonds. The van der Waals surface area contributed by atoms with Crippen molar-refractivity contribution in [2.45, 2.75) is 17.2 Å². The fourth-order valence-corrected chi connectivity index (χ4v) is 4.15. The normalized spacial score (nSPS) is 15.2. The van der Waals surface area contributed by atoms with E-state index in [-0.39, 0.29) is 17.6 Å². The summed E-state index contributed by atoms with van der Waals surface area (Å²) in [7, 11) is 0. The molecule has 0 bridgehead atoms. The van der Waals surface area contributed by atoms with E-state index in [9.17, 15) is 9.59 Å². The third-order valence-electron chi connectivity index (χ3n) is 3.02. The molecule has 2 aromatic rings. The third-order valence-corrected chi connectivity index (χ3v) is 5.42. The van der Waals surface area contributed by atoms with Crippen LogP contribution in [0.1, 0.15) is 12.8 Å². The maximum atomic E-state index is 11.9. The average molecular weight is 327 g/mol. The van der Waals surface area contributed by atoms with Crippen LogP contribution < -0.4 is 0 Å². The quantitative estimate of drug-likeness (QED) is 0.813. The predicted molar refractivity (Wildman–Crippen MR) is 81.3 cm³/mol. The highest BCUT2D eigenvalue weighted by Gasteiger charge is 2.26. The lowest BCUT2D eigenvalue weighted by Gasteiger charge is -2.11. The summed E-state index contributed by atoms with van der Waals surface area (Å²) >= 11 is 8.82. The molecule has 2 heterocycles. The number of imide groups is 1. The van der Waals surface area contributed by atoms with E-state index in [2.05, 4.69) is 4.98 Å². The number of likely N-dealkylation sites (tertiary alicyclic amines) is 1. The first-order chi connectivity index (χ1) is 9.63. The van der Waals surface area contributed by atoms with Crippen LogP contribution in [0.5, 0.6) is 0 Å². The minimum absolute atomic E-state index is 0.0633. The maximum absolute atomic E-state index is 11.9. The summed E-state index contributed by atoms with van der Waals surface area (Å²) in [6, 6.07) is 5.55. The molecule has 1 aromatic heterocycles. The van der Waals surface area contributed by atoms with Crippen molar-refractivity contribution in [3.8, 4) is 0 Å². The Labute approximate surface area is 129 Å². The molecule has 1 aliphatic heterocycles. The first-order valence-corrected chi connectivity index (χ1v) is 8.33. The topological polar surface area (TPSA) is 50.3 Å². The second-order valence-electron chi connectivity index (χ2n) is 4.42. The Balaban J connectivity index is 1.67. The standard InChI is InChI=1S/C13H11ClN2O2S2/c14-8-3-4-10-9(6-8)15-13(20-10)19-7-12(18)16-5-1-2-11(16)17/h3-4,6H,1-2,5,7H2. The van der Waals surface area contributed by atoms with Crippen molar-refractivity contribution in [2.75, 3.05) is 12.3 Å². The Morgan fingerprint density at radius 3 is 3.10 bits per heavy atom. The average Bonchev–Trinajstić information content (AvgIpc) is 3.01. The smallest absolute Gasteiger partial charge is 0.239 e. The van der Waals surface area contributed by atoms with Gasteiger partial charge in [-0.15, -0.1) is 11.3 Å². The van der Waals surface area contributed by atoms with Gasteiger partial charge in [-0.3, -0.25) is 14.5 Å². The van der Waals surface area contributed by atoms with Gasteiger partial charge in [0.1, 0.15) is 0 Å². The van der Waals surface area contributed by atoms with Crippen molar-refractivity contribution in [1.82, 2.24) is 9.88 Å². The molecule has 7 heteroatoms. The Hall–Kier alpha value is -1.11. The van der Waals surface area contributed by atoms with Crippen LogP contribution in [0, 0.1) is 0 Å². The van der Waals surface area contributed by atoms with Crippen molar-refractivity contribution in [3.05, 3.63) is 23.2 Å². The molecule has 20 heavy (non-hydrogen) atoms. The number of thiazole rings is 1. The van der Waals surface area contributed by atoms with Crippen LogP contribution in [0.3, 0.4) is 0 Å². The molecule has 0 unspecified atom stereocenters. The van der Waals surface area contributed by atoms with E-state index in [0.717, 1.165) is 21.0 Å². The molecule has 0 radical (unpaired) electrons. The molecule has 0 N–H and O–H groups in total. The fraction of sp³-hybridized carbons (Fsp3) is 0.308. The summed E-state index contributed by atoms with van der Waals surface area (Å²) in [6.45, 7) is 0.549. The van der Waals surface area contributed by atoms with Gasteiger partial charge in [0.05, 0.1) is 16.0 Å². The van der Waals surface area contributed by atoms with Crippen LogP contribution in [-0.2, 0) is 9.59 Å². The number of thioether (sulfide) groups is 1. The highest BCUT2D eigenvalue weighted by Crippen LogP contribution is 2.31. The first kappa shape index (κ1) is 13.9. The molecule has 104 valence electrons. The van der Waals surface area contributed by atoms with E-state index in [0.29, 0.717) is 18.0 Å². The summed E-state index contributed by atoms with van der Waals surface area (Å²) in [4.78, 5) is 29.2. The van der Waals surface area contributed by atoms with Crippen LogP contribution in [0.25, 0.3) is 10.2 Å². The molecule has 4 nitrogen and oxygen atoms in total. The zero-order valence-electron chi connectivity index (χ0n) is 10.5. The van der Waals surface area contributed by atoms with E-state index in [1.807, 2.05) is 18.2 Å². The molecule has 0 saturated carbocycles. The van der Waals surface area contributed by atoms with Crippen molar-refractivity contribution in [1.29, 1.82) is 0 Å². The van der Waals surface area contributed by atoms with E-state index in [4.69, 9.17) is 11.6 Å². The van der Waals surface area contributed by atoms with Crippen LogP contribution in [0.2, 0.25) is 5.02 Å². The molecule has 1 aromatic carbocycles. The second-order valence-corrected chi connectivity index (χ2v) is 7.11. The van der Waals surface area contributed by atoms with E-state index in [1.165, 1.54) is 28.0 Å². The molecule has 0 spiro atoms. The van der Waals surface area contributed by atoms with Gasteiger partial charge in [-0.25, -0.2) is 4.98 Å². The number of carbonyl (C=O) groups excluding carboxylic acids is 2. The number of halogens is 1. The number of hydrogen-bond acceptors (Lipinski definition) is 5. The Kier molecular flexibility index (Phi) is 3.96. The number of nitrogens with zero attached hydrogens (tertiary/aromatic N) is 2. The second kappa shape index (κ2) is 5.71. The largest absolute Gasteiger partial charge is 0.282 e. The van der Waals surface area contributed by atoms with Gasteiger partial charge in [0.2, 0.25) is 11.8 Å². The molecule has 1 fully saturated rings. The number of rotatable bonds is 3. The van der Waals surface area contributed by atoms with Gasteiger partial charge in [-0.1, -0.05) is 23.4 Å². The van der Waals surface area contributed by atoms with Gasteiger partial charge in [-0.05, 0) is 24.6 Å².